The standard InChI is InChI=1S/C14H11Cl2N5O/c15-8-4-1-3-7(12(8)16)13-11-9(5-2-6-10(11)22)17-14-18-19-20-21(13)14/h1,3-4,13H,2,5-6H2,(H,17,18,20)/t13-/m1/s1. The maximum absolute atomic E-state index is 12.5. The van der Waals surface area contributed by atoms with Crippen LogP contribution in [0.25, 0.3) is 0 Å². The first kappa shape index (κ1) is 13.7. The molecule has 2 heterocycles. The minimum Gasteiger partial charge on any atom is -0.326 e. The van der Waals surface area contributed by atoms with Crippen molar-refractivity contribution in [3.8, 4) is 0 Å². The number of nitrogens with zero attached hydrogens (tertiary/aromatic N) is 4. The molecule has 1 atom stereocenters. The molecule has 1 aromatic carbocycles. The third-order valence-electron chi connectivity index (χ3n) is 4.01. The number of nitrogens with one attached hydrogen (secondary N) is 1. The van der Waals surface area contributed by atoms with Gasteiger partial charge in [-0.1, -0.05) is 40.4 Å². The number of fused-ring (bicyclic) bond motifs is 1. The number of hydrogen-bond acceptors (Lipinski definition) is 5. The number of carbonyl (C=O) groups excluding carboxylic acids is 1. The van der Waals surface area contributed by atoms with Crippen molar-refractivity contribution in [3.63, 3.8) is 0 Å². The van der Waals surface area contributed by atoms with Gasteiger partial charge in [0, 0.05) is 23.3 Å². The van der Waals surface area contributed by atoms with Crippen LogP contribution >= 0.6 is 23.2 Å². The monoisotopic (exact) mass is 335 g/mol. The lowest BCUT2D eigenvalue weighted by Gasteiger charge is -2.32. The minimum atomic E-state index is -0.444. The Morgan fingerprint density at radius 2 is 2.14 bits per heavy atom. The van der Waals surface area contributed by atoms with E-state index in [0.717, 1.165) is 24.1 Å². The van der Waals surface area contributed by atoms with Gasteiger partial charge in [0.15, 0.2) is 5.78 Å². The molecule has 0 radical (unpaired) electrons. The lowest BCUT2D eigenvalue weighted by Crippen LogP contribution is -2.31. The molecule has 0 saturated heterocycles. The molecule has 6 nitrogen and oxygen atoms in total. The molecular formula is C14H11Cl2N5O. The molecule has 0 unspecified atom stereocenters. The zero-order valence-corrected chi connectivity index (χ0v) is 12.9. The van der Waals surface area contributed by atoms with Gasteiger partial charge in [0.1, 0.15) is 6.04 Å². The van der Waals surface area contributed by atoms with Crippen molar-refractivity contribution >= 4 is 34.9 Å². The van der Waals surface area contributed by atoms with Crippen molar-refractivity contribution in [2.24, 2.45) is 0 Å². The van der Waals surface area contributed by atoms with Gasteiger partial charge >= 0.3 is 0 Å². The third kappa shape index (κ3) is 1.94. The van der Waals surface area contributed by atoms with E-state index in [2.05, 4.69) is 20.8 Å². The summed E-state index contributed by atoms with van der Waals surface area (Å²) >= 11 is 12.5. The van der Waals surface area contributed by atoms with Crippen LogP contribution in [-0.4, -0.2) is 26.0 Å². The first-order chi connectivity index (χ1) is 10.7. The minimum absolute atomic E-state index is 0.0935. The van der Waals surface area contributed by atoms with Crippen LogP contribution in [0.15, 0.2) is 29.5 Å². The summed E-state index contributed by atoms with van der Waals surface area (Å²) < 4.78 is 1.58. The molecular weight excluding hydrogens is 325 g/mol. The predicted octanol–water partition coefficient (Wildman–Crippen LogP) is 3.00. The molecule has 1 aliphatic heterocycles. The summed E-state index contributed by atoms with van der Waals surface area (Å²) in [6, 6.07) is 4.93. The van der Waals surface area contributed by atoms with Gasteiger partial charge in [0.2, 0.25) is 5.95 Å². The van der Waals surface area contributed by atoms with Crippen LogP contribution in [0, 0.1) is 0 Å². The highest BCUT2D eigenvalue weighted by Gasteiger charge is 2.37. The van der Waals surface area contributed by atoms with Crippen LogP contribution in [0.3, 0.4) is 0 Å². The van der Waals surface area contributed by atoms with E-state index in [0.29, 0.717) is 28.0 Å². The second kappa shape index (κ2) is 5.07. The number of anilines is 1. The number of carbonyl (C=O) groups is 1. The Kier molecular flexibility index (Phi) is 3.16. The van der Waals surface area contributed by atoms with Gasteiger partial charge < -0.3 is 5.32 Å². The average molecular weight is 336 g/mol. The number of ketones is 1. The number of allylic oxidation sites excluding steroid dienone is 2. The van der Waals surface area contributed by atoms with Gasteiger partial charge in [0.25, 0.3) is 0 Å². The maximum Gasteiger partial charge on any atom is 0.248 e. The fourth-order valence-electron chi connectivity index (χ4n) is 3.04. The number of tetrazole rings is 1. The predicted molar refractivity (Wildman–Crippen MR) is 81.9 cm³/mol. The summed E-state index contributed by atoms with van der Waals surface area (Å²) in [7, 11) is 0. The highest BCUT2D eigenvalue weighted by atomic mass is 35.5. The largest absolute Gasteiger partial charge is 0.326 e. The van der Waals surface area contributed by atoms with Gasteiger partial charge in [-0.25, -0.2) is 0 Å². The number of benzene rings is 1. The molecule has 1 aromatic heterocycles. The first-order valence-corrected chi connectivity index (χ1v) is 7.67. The molecule has 0 saturated carbocycles. The lowest BCUT2D eigenvalue weighted by atomic mass is 9.85. The summed E-state index contributed by atoms with van der Waals surface area (Å²) in [4.78, 5) is 12.5. The molecule has 22 heavy (non-hydrogen) atoms. The number of aromatic nitrogens is 4. The second-order valence-corrected chi connectivity index (χ2v) is 6.07. The molecule has 1 aliphatic carbocycles. The van der Waals surface area contributed by atoms with E-state index in [-0.39, 0.29) is 5.78 Å². The van der Waals surface area contributed by atoms with Gasteiger partial charge in [-0.3, -0.25) is 4.79 Å². The summed E-state index contributed by atoms with van der Waals surface area (Å²) in [5, 5.41) is 15.7. The molecule has 0 bridgehead atoms. The van der Waals surface area contributed by atoms with E-state index in [9.17, 15) is 4.79 Å². The fourth-order valence-corrected chi connectivity index (χ4v) is 3.45. The van der Waals surface area contributed by atoms with Gasteiger partial charge in [-0.2, -0.15) is 4.68 Å². The topological polar surface area (TPSA) is 72.7 Å². The van der Waals surface area contributed by atoms with Crippen molar-refractivity contribution < 1.29 is 4.79 Å². The Hall–Kier alpha value is -1.92. The van der Waals surface area contributed by atoms with Crippen molar-refractivity contribution in [2.75, 3.05) is 5.32 Å². The van der Waals surface area contributed by atoms with Crippen LogP contribution < -0.4 is 5.32 Å². The zero-order valence-electron chi connectivity index (χ0n) is 11.4. The number of rotatable bonds is 1. The zero-order chi connectivity index (χ0) is 15.3. The first-order valence-electron chi connectivity index (χ1n) is 6.92. The Labute approximate surface area is 136 Å². The number of hydrogen-bond donors (Lipinski definition) is 1. The molecule has 0 spiro atoms. The van der Waals surface area contributed by atoms with Crippen LogP contribution in [0.4, 0.5) is 5.95 Å². The normalized spacial score (nSPS) is 20.5. The summed E-state index contributed by atoms with van der Waals surface area (Å²) in [5.74, 6) is 0.602. The van der Waals surface area contributed by atoms with E-state index in [1.54, 1.807) is 10.7 Å². The van der Waals surface area contributed by atoms with Gasteiger partial charge in [-0.15, -0.1) is 0 Å². The van der Waals surface area contributed by atoms with Crippen LogP contribution in [0.5, 0.6) is 0 Å². The van der Waals surface area contributed by atoms with Gasteiger partial charge in [0.05, 0.1) is 10.0 Å². The van der Waals surface area contributed by atoms with E-state index < -0.39 is 6.04 Å². The smallest absolute Gasteiger partial charge is 0.248 e. The quantitative estimate of drug-likeness (QED) is 0.867. The molecule has 2 aromatic rings. The van der Waals surface area contributed by atoms with E-state index in [1.165, 1.54) is 0 Å². The molecule has 0 amide bonds. The van der Waals surface area contributed by atoms with E-state index >= 15 is 0 Å². The Morgan fingerprint density at radius 3 is 3.00 bits per heavy atom. The highest BCUT2D eigenvalue weighted by molar-refractivity contribution is 6.42. The van der Waals surface area contributed by atoms with Crippen LogP contribution in [0.1, 0.15) is 30.9 Å². The lowest BCUT2D eigenvalue weighted by molar-refractivity contribution is -0.116. The van der Waals surface area contributed by atoms with Gasteiger partial charge in [-0.05, 0) is 29.3 Å². The van der Waals surface area contributed by atoms with Crippen LogP contribution in [-0.2, 0) is 4.79 Å². The Morgan fingerprint density at radius 1 is 1.27 bits per heavy atom. The number of halogens is 2. The van der Waals surface area contributed by atoms with Crippen molar-refractivity contribution in [3.05, 3.63) is 45.1 Å². The van der Waals surface area contributed by atoms with Crippen molar-refractivity contribution in [1.82, 2.24) is 20.2 Å². The average Bonchev–Trinajstić information content (AvgIpc) is 2.96. The molecule has 112 valence electrons. The Balaban J connectivity index is 1.97. The molecule has 1 N–H and O–H groups in total. The summed E-state index contributed by atoms with van der Waals surface area (Å²) in [6.45, 7) is 0. The maximum atomic E-state index is 12.5. The molecule has 2 aliphatic rings. The Bertz CT molecular complexity index is 813. The van der Waals surface area contributed by atoms with Crippen LogP contribution in [0.2, 0.25) is 10.0 Å². The second-order valence-electron chi connectivity index (χ2n) is 5.29. The number of Topliss-reactive ketones (excluding diaryl/α,β-unsaturated/α-hetero) is 1. The van der Waals surface area contributed by atoms with Crippen molar-refractivity contribution in [1.29, 1.82) is 0 Å². The highest BCUT2D eigenvalue weighted by Crippen LogP contribution is 2.42. The van der Waals surface area contributed by atoms with E-state index in [4.69, 9.17) is 23.2 Å². The third-order valence-corrected chi connectivity index (χ3v) is 4.84. The fraction of sp³-hybridized carbons (Fsp3) is 0.286. The van der Waals surface area contributed by atoms with Crippen molar-refractivity contribution in [2.45, 2.75) is 25.3 Å². The van der Waals surface area contributed by atoms with E-state index in [1.807, 2.05) is 12.1 Å². The summed E-state index contributed by atoms with van der Waals surface area (Å²) in [5.41, 5.74) is 2.28. The summed E-state index contributed by atoms with van der Waals surface area (Å²) in [6.07, 6.45) is 2.14. The molecule has 4 rings (SSSR count). The molecule has 8 heteroatoms. The SMILES string of the molecule is O=C1CCCC2=C1[C@@H](c1cccc(Cl)c1Cl)n1nnnc1N2. The molecule has 0 fully saturated rings.